The molecule has 1 amide bonds. The van der Waals surface area contributed by atoms with Gasteiger partial charge in [0.1, 0.15) is 5.25 Å². The first kappa shape index (κ1) is 24.9. The zero-order chi connectivity index (χ0) is 24.7. The van der Waals surface area contributed by atoms with Gasteiger partial charge in [0, 0.05) is 16.5 Å². The molecule has 0 radical (unpaired) electrons. The van der Waals surface area contributed by atoms with Gasteiger partial charge >= 0.3 is 0 Å². The summed E-state index contributed by atoms with van der Waals surface area (Å²) in [7, 11) is -4.65. The third-order valence-electron chi connectivity index (χ3n) is 7.12. The minimum absolute atomic E-state index is 0.135. The Balaban J connectivity index is 1.75. The van der Waals surface area contributed by atoms with Gasteiger partial charge in [-0.2, -0.15) is 8.42 Å². The lowest BCUT2D eigenvalue weighted by molar-refractivity contribution is -0.125. The standard InChI is InChI=1S/C24H28ClFN2O5S/c1-2-20(34(30,31)32)21(23(27)29)33-19-13-17-14(12-18(19)26)8-11-28-22(17)24(9-3-10-24)15-4-6-16(25)7-5-15/h4-7,12-13,20-22,28H,2-3,8-11H2,1H3,(H2,27,29)(H,30,31,32). The summed E-state index contributed by atoms with van der Waals surface area (Å²) in [5.74, 6) is -2.10. The quantitative estimate of drug-likeness (QED) is 0.466. The van der Waals surface area contributed by atoms with Crippen molar-refractivity contribution in [2.75, 3.05) is 6.54 Å². The highest BCUT2D eigenvalue weighted by Gasteiger charge is 2.48. The fourth-order valence-electron chi connectivity index (χ4n) is 5.26. The van der Waals surface area contributed by atoms with Gasteiger partial charge < -0.3 is 15.8 Å². The number of carbonyl (C=O) groups excluding carboxylic acids is 1. The third kappa shape index (κ3) is 4.54. The van der Waals surface area contributed by atoms with Crippen LogP contribution in [0.15, 0.2) is 36.4 Å². The number of ether oxygens (including phenoxy) is 1. The van der Waals surface area contributed by atoms with E-state index in [1.165, 1.54) is 19.1 Å². The number of nitrogens with one attached hydrogen (secondary N) is 1. The zero-order valence-corrected chi connectivity index (χ0v) is 20.3. The van der Waals surface area contributed by atoms with Gasteiger partial charge in [-0.25, -0.2) is 4.39 Å². The molecule has 1 fully saturated rings. The van der Waals surface area contributed by atoms with Crippen molar-refractivity contribution in [3.8, 4) is 5.75 Å². The minimum atomic E-state index is -4.65. The summed E-state index contributed by atoms with van der Waals surface area (Å²) in [6.07, 6.45) is 1.66. The normalized spacial score (nSPS) is 21.1. The summed E-state index contributed by atoms with van der Waals surface area (Å²) in [5.41, 5.74) is 7.96. The maximum atomic E-state index is 15.0. The van der Waals surface area contributed by atoms with Crippen molar-refractivity contribution in [3.05, 3.63) is 63.9 Å². The van der Waals surface area contributed by atoms with Crippen LogP contribution in [0.4, 0.5) is 4.39 Å². The highest BCUT2D eigenvalue weighted by molar-refractivity contribution is 7.86. The van der Waals surface area contributed by atoms with E-state index in [9.17, 15) is 17.8 Å². The van der Waals surface area contributed by atoms with Crippen molar-refractivity contribution < 1.29 is 26.9 Å². The average molecular weight is 511 g/mol. The van der Waals surface area contributed by atoms with E-state index in [0.29, 0.717) is 18.0 Å². The molecule has 34 heavy (non-hydrogen) atoms. The number of hydrogen-bond acceptors (Lipinski definition) is 5. The average Bonchev–Trinajstić information content (AvgIpc) is 2.73. The molecule has 2 aromatic carbocycles. The predicted octanol–water partition coefficient (Wildman–Crippen LogP) is 3.69. The van der Waals surface area contributed by atoms with Crippen molar-refractivity contribution in [2.45, 2.75) is 61.8 Å². The molecule has 0 aromatic heterocycles. The molecule has 2 aromatic rings. The minimum Gasteiger partial charge on any atom is -0.476 e. The van der Waals surface area contributed by atoms with Crippen LogP contribution in [0.25, 0.3) is 0 Å². The van der Waals surface area contributed by atoms with Crippen molar-refractivity contribution in [1.82, 2.24) is 5.32 Å². The van der Waals surface area contributed by atoms with E-state index in [1.807, 2.05) is 24.3 Å². The summed E-state index contributed by atoms with van der Waals surface area (Å²) >= 11 is 6.10. The van der Waals surface area contributed by atoms with E-state index in [2.05, 4.69) is 5.32 Å². The Kier molecular flexibility index (Phi) is 6.92. The van der Waals surface area contributed by atoms with Crippen LogP contribution >= 0.6 is 11.6 Å². The second-order valence-corrected chi connectivity index (χ2v) is 11.1. The van der Waals surface area contributed by atoms with Crippen molar-refractivity contribution in [1.29, 1.82) is 0 Å². The maximum Gasteiger partial charge on any atom is 0.272 e. The van der Waals surface area contributed by atoms with Crippen LogP contribution < -0.4 is 15.8 Å². The van der Waals surface area contributed by atoms with Gasteiger partial charge in [0.2, 0.25) is 0 Å². The largest absolute Gasteiger partial charge is 0.476 e. The molecule has 4 rings (SSSR count). The molecule has 0 bridgehead atoms. The van der Waals surface area contributed by atoms with Gasteiger partial charge in [-0.1, -0.05) is 37.1 Å². The van der Waals surface area contributed by atoms with Crippen molar-refractivity contribution in [2.24, 2.45) is 5.73 Å². The van der Waals surface area contributed by atoms with Gasteiger partial charge in [-0.3, -0.25) is 9.35 Å². The van der Waals surface area contributed by atoms with E-state index in [1.54, 1.807) is 0 Å². The summed E-state index contributed by atoms with van der Waals surface area (Å²) in [6, 6.07) is 10.5. The van der Waals surface area contributed by atoms with Gasteiger partial charge in [-0.05, 0) is 73.2 Å². The molecule has 10 heteroatoms. The fraction of sp³-hybridized carbons (Fsp3) is 0.458. The van der Waals surface area contributed by atoms with Crippen LogP contribution in [-0.4, -0.2) is 36.8 Å². The van der Waals surface area contributed by atoms with Crippen LogP contribution in [0.2, 0.25) is 5.02 Å². The maximum absolute atomic E-state index is 15.0. The molecule has 1 heterocycles. The Morgan fingerprint density at radius 1 is 1.32 bits per heavy atom. The van der Waals surface area contributed by atoms with Gasteiger partial charge in [-0.15, -0.1) is 0 Å². The Morgan fingerprint density at radius 2 is 2.00 bits per heavy atom. The highest BCUT2D eigenvalue weighted by Crippen LogP contribution is 2.54. The fourth-order valence-corrected chi connectivity index (χ4v) is 6.31. The first-order valence-electron chi connectivity index (χ1n) is 11.3. The Bertz CT molecular complexity index is 1180. The first-order chi connectivity index (χ1) is 16.1. The third-order valence-corrected chi connectivity index (χ3v) is 8.72. The molecule has 0 spiro atoms. The molecule has 184 valence electrons. The molecule has 0 saturated heterocycles. The van der Waals surface area contributed by atoms with E-state index in [0.717, 1.165) is 36.0 Å². The molecular weight excluding hydrogens is 483 g/mol. The molecule has 2 aliphatic rings. The number of nitrogens with two attached hydrogens (primary N) is 1. The van der Waals surface area contributed by atoms with Crippen LogP contribution in [-0.2, 0) is 26.7 Å². The molecule has 4 N–H and O–H groups in total. The number of halogens is 2. The topological polar surface area (TPSA) is 119 Å². The van der Waals surface area contributed by atoms with Crippen molar-refractivity contribution >= 4 is 27.6 Å². The molecule has 1 saturated carbocycles. The van der Waals surface area contributed by atoms with E-state index in [-0.39, 0.29) is 23.6 Å². The van der Waals surface area contributed by atoms with Crippen LogP contribution in [0, 0.1) is 5.82 Å². The lowest BCUT2D eigenvalue weighted by atomic mass is 9.58. The lowest BCUT2D eigenvalue weighted by Gasteiger charge is -2.50. The first-order valence-corrected chi connectivity index (χ1v) is 13.2. The smallest absolute Gasteiger partial charge is 0.272 e. The SMILES string of the molecule is CCC(C(Oc1cc2c(cc1F)CCNC2C1(c2ccc(Cl)cc2)CCC1)C(N)=O)S(=O)(=O)O. The number of hydrogen-bond donors (Lipinski definition) is 3. The number of fused-ring (bicyclic) bond motifs is 1. The Morgan fingerprint density at radius 3 is 2.53 bits per heavy atom. The molecule has 3 atom stereocenters. The van der Waals surface area contributed by atoms with Crippen LogP contribution in [0.5, 0.6) is 5.75 Å². The van der Waals surface area contributed by atoms with Crippen LogP contribution in [0.1, 0.15) is 55.3 Å². The number of rotatable bonds is 8. The summed E-state index contributed by atoms with van der Waals surface area (Å²) in [5, 5.41) is 2.61. The molecule has 1 aliphatic carbocycles. The lowest BCUT2D eigenvalue weighted by Crippen LogP contribution is -2.49. The molecule has 1 aliphatic heterocycles. The molecule has 7 nitrogen and oxygen atoms in total. The highest BCUT2D eigenvalue weighted by atomic mass is 35.5. The molecule has 3 unspecified atom stereocenters. The summed E-state index contributed by atoms with van der Waals surface area (Å²) in [6.45, 7) is 2.14. The summed E-state index contributed by atoms with van der Waals surface area (Å²) in [4.78, 5) is 12.0. The number of carbonyl (C=O) groups is 1. The second-order valence-electron chi connectivity index (χ2n) is 9.04. The second kappa shape index (κ2) is 9.45. The van der Waals surface area contributed by atoms with E-state index in [4.69, 9.17) is 22.1 Å². The van der Waals surface area contributed by atoms with E-state index < -0.39 is 33.2 Å². The van der Waals surface area contributed by atoms with Gasteiger partial charge in [0.25, 0.3) is 16.0 Å². The number of benzene rings is 2. The van der Waals surface area contributed by atoms with E-state index >= 15 is 4.39 Å². The Hall–Kier alpha value is -2.20. The van der Waals surface area contributed by atoms with Crippen molar-refractivity contribution in [3.63, 3.8) is 0 Å². The monoisotopic (exact) mass is 510 g/mol. The number of primary amides is 1. The predicted molar refractivity (Wildman–Crippen MR) is 127 cm³/mol. The summed E-state index contributed by atoms with van der Waals surface area (Å²) < 4.78 is 53.7. The molecular formula is C24H28ClFN2O5S. The Labute approximate surface area is 203 Å². The van der Waals surface area contributed by atoms with Gasteiger partial charge in [0.15, 0.2) is 17.7 Å². The number of amides is 1. The van der Waals surface area contributed by atoms with Crippen LogP contribution in [0.3, 0.4) is 0 Å². The van der Waals surface area contributed by atoms with Gasteiger partial charge in [0.05, 0.1) is 0 Å². The zero-order valence-electron chi connectivity index (χ0n) is 18.8.